The number of nitrogens with one attached hydrogen (secondary N) is 2. The number of hydrazine groups is 1. The maximum absolute atomic E-state index is 12.1. The van der Waals surface area contributed by atoms with Gasteiger partial charge in [0.25, 0.3) is 5.91 Å². The molecule has 2 amide bonds. The van der Waals surface area contributed by atoms with Crippen molar-refractivity contribution >= 4 is 23.6 Å². The molecule has 2 aromatic carbocycles. The SMILES string of the molecule is O=C(CCSc1ccccc1)NNC(=O)c1ccc2c(c1)OCCO2. The van der Waals surface area contributed by atoms with Crippen LogP contribution >= 0.6 is 11.8 Å². The Hall–Kier alpha value is -2.67. The Balaban J connectivity index is 1.43. The van der Waals surface area contributed by atoms with Gasteiger partial charge in [0, 0.05) is 22.6 Å². The summed E-state index contributed by atoms with van der Waals surface area (Å²) in [6.45, 7) is 0.948. The normalized spacial score (nSPS) is 12.3. The molecule has 0 saturated heterocycles. The van der Waals surface area contributed by atoms with E-state index in [1.54, 1.807) is 30.0 Å². The lowest BCUT2D eigenvalue weighted by Crippen LogP contribution is -2.41. The monoisotopic (exact) mass is 358 g/mol. The minimum atomic E-state index is -0.402. The number of amides is 2. The van der Waals surface area contributed by atoms with Crippen molar-refractivity contribution in [2.75, 3.05) is 19.0 Å². The standard InChI is InChI=1S/C18H18N2O4S/c21-17(8-11-25-14-4-2-1-3-5-14)19-20-18(22)13-6-7-15-16(12-13)24-10-9-23-15/h1-7,12H,8-11H2,(H,19,21)(H,20,22). The minimum absolute atomic E-state index is 0.241. The number of rotatable bonds is 5. The van der Waals surface area contributed by atoms with Crippen molar-refractivity contribution in [1.82, 2.24) is 10.9 Å². The third-order valence-corrected chi connectivity index (χ3v) is 4.47. The van der Waals surface area contributed by atoms with Crippen molar-refractivity contribution in [3.8, 4) is 11.5 Å². The van der Waals surface area contributed by atoms with Crippen LogP contribution in [-0.4, -0.2) is 30.8 Å². The molecule has 0 aromatic heterocycles. The van der Waals surface area contributed by atoms with E-state index >= 15 is 0 Å². The Labute approximate surface area is 149 Å². The van der Waals surface area contributed by atoms with E-state index in [2.05, 4.69) is 10.9 Å². The molecule has 0 atom stereocenters. The third-order valence-electron chi connectivity index (χ3n) is 3.46. The van der Waals surface area contributed by atoms with Gasteiger partial charge in [-0.2, -0.15) is 0 Å². The van der Waals surface area contributed by atoms with Gasteiger partial charge < -0.3 is 9.47 Å². The van der Waals surface area contributed by atoms with Crippen LogP contribution < -0.4 is 20.3 Å². The fourth-order valence-electron chi connectivity index (χ4n) is 2.22. The van der Waals surface area contributed by atoms with E-state index in [1.807, 2.05) is 30.3 Å². The van der Waals surface area contributed by atoms with Crippen LogP contribution in [0.1, 0.15) is 16.8 Å². The molecular formula is C18H18N2O4S. The Bertz CT molecular complexity index is 752. The third kappa shape index (κ3) is 4.90. The molecule has 7 heteroatoms. The molecule has 3 rings (SSSR count). The number of carbonyl (C=O) groups is 2. The molecule has 1 heterocycles. The van der Waals surface area contributed by atoms with Crippen LogP contribution in [0.2, 0.25) is 0 Å². The van der Waals surface area contributed by atoms with Crippen LogP contribution in [0.15, 0.2) is 53.4 Å². The molecule has 0 fully saturated rings. The van der Waals surface area contributed by atoms with Crippen molar-refractivity contribution in [3.05, 3.63) is 54.1 Å². The lowest BCUT2D eigenvalue weighted by molar-refractivity contribution is -0.121. The average Bonchev–Trinajstić information content (AvgIpc) is 2.66. The summed E-state index contributed by atoms with van der Waals surface area (Å²) in [4.78, 5) is 25.0. The summed E-state index contributed by atoms with van der Waals surface area (Å²) in [6, 6.07) is 14.7. The molecule has 0 bridgehead atoms. The number of thioether (sulfide) groups is 1. The van der Waals surface area contributed by atoms with Crippen molar-refractivity contribution in [3.63, 3.8) is 0 Å². The maximum atomic E-state index is 12.1. The Morgan fingerprint density at radius 2 is 1.72 bits per heavy atom. The largest absolute Gasteiger partial charge is 0.486 e. The molecule has 130 valence electrons. The number of benzene rings is 2. The Morgan fingerprint density at radius 1 is 0.960 bits per heavy atom. The van der Waals surface area contributed by atoms with Gasteiger partial charge in [0.15, 0.2) is 11.5 Å². The van der Waals surface area contributed by atoms with Gasteiger partial charge in [-0.25, -0.2) is 0 Å². The van der Waals surface area contributed by atoms with Crippen molar-refractivity contribution in [2.24, 2.45) is 0 Å². The van der Waals surface area contributed by atoms with E-state index < -0.39 is 5.91 Å². The fraction of sp³-hybridized carbons (Fsp3) is 0.222. The lowest BCUT2D eigenvalue weighted by Gasteiger charge is -2.18. The summed E-state index contributed by atoms with van der Waals surface area (Å²) in [5, 5.41) is 0. The minimum Gasteiger partial charge on any atom is -0.486 e. The van der Waals surface area contributed by atoms with E-state index in [-0.39, 0.29) is 5.91 Å². The van der Waals surface area contributed by atoms with Crippen molar-refractivity contribution in [2.45, 2.75) is 11.3 Å². The number of fused-ring (bicyclic) bond motifs is 1. The van der Waals surface area contributed by atoms with Crippen LogP contribution in [0, 0.1) is 0 Å². The van der Waals surface area contributed by atoms with Gasteiger partial charge >= 0.3 is 0 Å². The molecule has 1 aliphatic rings. The van der Waals surface area contributed by atoms with Crippen LogP contribution in [0.5, 0.6) is 11.5 Å². The Morgan fingerprint density at radius 3 is 2.52 bits per heavy atom. The van der Waals surface area contributed by atoms with Crippen LogP contribution in [0.25, 0.3) is 0 Å². The highest BCUT2D eigenvalue weighted by Crippen LogP contribution is 2.30. The zero-order chi connectivity index (χ0) is 17.5. The summed E-state index contributed by atoms with van der Waals surface area (Å²) >= 11 is 1.59. The van der Waals surface area contributed by atoms with Gasteiger partial charge in [0.1, 0.15) is 13.2 Å². The van der Waals surface area contributed by atoms with E-state index in [9.17, 15) is 9.59 Å². The first-order chi connectivity index (χ1) is 12.2. The first-order valence-corrected chi connectivity index (χ1v) is 8.87. The molecule has 0 aliphatic carbocycles. The van der Waals surface area contributed by atoms with Crippen LogP contribution in [0.4, 0.5) is 0 Å². The Kier molecular flexibility index (Phi) is 5.79. The van der Waals surface area contributed by atoms with Gasteiger partial charge in [0.05, 0.1) is 0 Å². The van der Waals surface area contributed by atoms with Crippen LogP contribution in [0.3, 0.4) is 0 Å². The molecule has 0 unspecified atom stereocenters. The van der Waals surface area contributed by atoms with Crippen molar-refractivity contribution in [1.29, 1.82) is 0 Å². The topological polar surface area (TPSA) is 76.7 Å². The number of ether oxygens (including phenoxy) is 2. The highest BCUT2D eigenvalue weighted by atomic mass is 32.2. The van der Waals surface area contributed by atoms with Gasteiger partial charge in [0.2, 0.25) is 5.91 Å². The smallest absolute Gasteiger partial charge is 0.269 e. The molecular weight excluding hydrogens is 340 g/mol. The molecule has 6 nitrogen and oxygen atoms in total. The first-order valence-electron chi connectivity index (χ1n) is 7.89. The zero-order valence-electron chi connectivity index (χ0n) is 13.5. The summed E-state index contributed by atoms with van der Waals surface area (Å²) in [5.74, 6) is 1.14. The first kappa shape index (κ1) is 17.2. The second-order valence-corrected chi connectivity index (χ2v) is 6.44. The zero-order valence-corrected chi connectivity index (χ0v) is 14.3. The molecule has 0 saturated carbocycles. The molecule has 2 N–H and O–H groups in total. The average molecular weight is 358 g/mol. The predicted octanol–water partition coefficient (Wildman–Crippen LogP) is 2.40. The predicted molar refractivity (Wildman–Crippen MR) is 94.8 cm³/mol. The quantitative estimate of drug-likeness (QED) is 0.634. The summed E-state index contributed by atoms with van der Waals surface area (Å²) < 4.78 is 10.8. The second-order valence-electron chi connectivity index (χ2n) is 5.27. The van der Waals surface area contributed by atoms with Crippen LogP contribution in [-0.2, 0) is 4.79 Å². The van der Waals surface area contributed by atoms with E-state index in [1.165, 1.54) is 0 Å². The van der Waals surface area contributed by atoms with Crippen molar-refractivity contribution < 1.29 is 19.1 Å². The maximum Gasteiger partial charge on any atom is 0.269 e. The molecule has 1 aliphatic heterocycles. The highest BCUT2D eigenvalue weighted by Gasteiger charge is 2.15. The summed E-state index contributed by atoms with van der Waals surface area (Å²) in [6.07, 6.45) is 0.307. The van der Waals surface area contributed by atoms with Gasteiger partial charge in [-0.3, -0.25) is 20.4 Å². The number of carbonyl (C=O) groups excluding carboxylic acids is 2. The van der Waals surface area contributed by atoms with E-state index in [4.69, 9.17) is 9.47 Å². The molecule has 2 aromatic rings. The summed E-state index contributed by atoms with van der Waals surface area (Å²) in [5.41, 5.74) is 5.23. The summed E-state index contributed by atoms with van der Waals surface area (Å²) in [7, 11) is 0. The lowest BCUT2D eigenvalue weighted by atomic mass is 10.2. The van der Waals surface area contributed by atoms with E-state index in [0.29, 0.717) is 42.4 Å². The number of hydrogen-bond donors (Lipinski definition) is 2. The second kappa shape index (κ2) is 8.43. The van der Waals surface area contributed by atoms with Gasteiger partial charge in [-0.15, -0.1) is 11.8 Å². The highest BCUT2D eigenvalue weighted by molar-refractivity contribution is 7.99. The molecule has 0 spiro atoms. The molecule has 25 heavy (non-hydrogen) atoms. The fourth-order valence-corrected chi connectivity index (χ4v) is 3.10. The van der Waals surface area contributed by atoms with Gasteiger partial charge in [-0.1, -0.05) is 18.2 Å². The van der Waals surface area contributed by atoms with Gasteiger partial charge in [-0.05, 0) is 30.3 Å². The number of hydrogen-bond acceptors (Lipinski definition) is 5. The molecule has 0 radical (unpaired) electrons. The van der Waals surface area contributed by atoms with E-state index in [0.717, 1.165) is 4.90 Å².